The lowest BCUT2D eigenvalue weighted by atomic mass is 10.1. The fourth-order valence-electron chi connectivity index (χ4n) is 2.34. The second-order valence-corrected chi connectivity index (χ2v) is 5.17. The molecule has 0 spiro atoms. The van der Waals surface area contributed by atoms with E-state index in [0.717, 1.165) is 5.56 Å². The third kappa shape index (κ3) is 4.07. The zero-order valence-corrected chi connectivity index (χ0v) is 14.0. The Hall–Kier alpha value is -2.96. The lowest BCUT2D eigenvalue weighted by molar-refractivity contribution is 0.0958. The predicted molar refractivity (Wildman–Crippen MR) is 91.7 cm³/mol. The lowest BCUT2D eigenvalue weighted by Crippen LogP contribution is -2.37. The zero-order chi connectivity index (χ0) is 17.5. The van der Waals surface area contributed by atoms with Crippen LogP contribution in [0.2, 0.25) is 0 Å². The molecular weight excluding hydrogens is 306 g/mol. The van der Waals surface area contributed by atoms with Crippen molar-refractivity contribution in [3.63, 3.8) is 0 Å². The molecule has 126 valence electrons. The van der Waals surface area contributed by atoms with Crippen molar-refractivity contribution in [2.24, 2.45) is 0 Å². The summed E-state index contributed by atoms with van der Waals surface area (Å²) in [4.78, 5) is 34.1. The van der Waals surface area contributed by atoms with E-state index in [9.17, 15) is 9.59 Å². The number of rotatable bonds is 5. The van der Waals surface area contributed by atoms with E-state index in [1.165, 1.54) is 7.05 Å². The predicted octanol–water partition coefficient (Wildman–Crippen LogP) is 2.45. The van der Waals surface area contributed by atoms with E-state index < -0.39 is 0 Å². The van der Waals surface area contributed by atoms with Gasteiger partial charge in [-0.25, -0.2) is 9.78 Å². The highest BCUT2D eigenvalue weighted by molar-refractivity contribution is 5.93. The molecule has 0 aliphatic rings. The Morgan fingerprint density at radius 2 is 2.04 bits per heavy atom. The van der Waals surface area contributed by atoms with E-state index >= 15 is 0 Å². The van der Waals surface area contributed by atoms with Crippen LogP contribution in [0.25, 0.3) is 0 Å². The molecule has 7 nitrogen and oxygen atoms in total. The Bertz CT molecular complexity index is 705. The molecule has 24 heavy (non-hydrogen) atoms. The molecule has 0 saturated carbocycles. The standard InChI is InChI=1S/C17H21N5O2/c1-4-22(12(2)13-7-6-10-19-11-13)17(24)21-15-9-5-8-14(20-15)16(23)18-3/h5-12H,4H2,1-3H3,(H,18,23)(H,20,21,24). The maximum atomic E-state index is 12.6. The summed E-state index contributed by atoms with van der Waals surface area (Å²) in [5.41, 5.74) is 1.19. The number of nitrogens with zero attached hydrogens (tertiary/aromatic N) is 3. The van der Waals surface area contributed by atoms with Gasteiger partial charge in [-0.1, -0.05) is 12.1 Å². The number of carbonyl (C=O) groups excluding carboxylic acids is 2. The van der Waals surface area contributed by atoms with Gasteiger partial charge in [-0.05, 0) is 37.6 Å². The van der Waals surface area contributed by atoms with Crippen LogP contribution in [-0.4, -0.2) is 40.4 Å². The summed E-state index contributed by atoms with van der Waals surface area (Å²) in [5, 5.41) is 5.24. The first-order valence-electron chi connectivity index (χ1n) is 7.73. The van der Waals surface area contributed by atoms with Crippen LogP contribution < -0.4 is 10.6 Å². The first-order chi connectivity index (χ1) is 11.6. The summed E-state index contributed by atoms with van der Waals surface area (Å²) in [7, 11) is 1.53. The first-order valence-corrected chi connectivity index (χ1v) is 7.73. The quantitative estimate of drug-likeness (QED) is 0.883. The van der Waals surface area contributed by atoms with Crippen LogP contribution in [0.1, 0.15) is 35.9 Å². The third-order valence-electron chi connectivity index (χ3n) is 3.68. The van der Waals surface area contributed by atoms with Gasteiger partial charge in [0.15, 0.2) is 0 Å². The van der Waals surface area contributed by atoms with Crippen molar-refractivity contribution in [2.45, 2.75) is 19.9 Å². The van der Waals surface area contributed by atoms with Crippen molar-refractivity contribution < 1.29 is 9.59 Å². The van der Waals surface area contributed by atoms with Gasteiger partial charge in [0.25, 0.3) is 5.91 Å². The normalized spacial score (nSPS) is 11.5. The average molecular weight is 327 g/mol. The summed E-state index contributed by atoms with van der Waals surface area (Å²) in [6, 6.07) is 8.26. The number of amides is 3. The lowest BCUT2D eigenvalue weighted by Gasteiger charge is -2.28. The zero-order valence-electron chi connectivity index (χ0n) is 14.0. The minimum absolute atomic E-state index is 0.133. The van der Waals surface area contributed by atoms with Gasteiger partial charge in [-0.15, -0.1) is 0 Å². The monoisotopic (exact) mass is 327 g/mol. The summed E-state index contributed by atoms with van der Waals surface area (Å²) in [6.45, 7) is 4.37. The van der Waals surface area contributed by atoms with Gasteiger partial charge in [0.05, 0.1) is 6.04 Å². The van der Waals surface area contributed by atoms with Gasteiger partial charge in [0, 0.05) is 26.0 Å². The largest absolute Gasteiger partial charge is 0.354 e. The second-order valence-electron chi connectivity index (χ2n) is 5.17. The van der Waals surface area contributed by atoms with Gasteiger partial charge < -0.3 is 10.2 Å². The van der Waals surface area contributed by atoms with Crippen molar-refractivity contribution in [1.82, 2.24) is 20.2 Å². The van der Waals surface area contributed by atoms with E-state index in [0.29, 0.717) is 12.4 Å². The molecule has 3 amide bonds. The van der Waals surface area contributed by atoms with Crippen LogP contribution in [0, 0.1) is 0 Å². The molecule has 0 bridgehead atoms. The highest BCUT2D eigenvalue weighted by Crippen LogP contribution is 2.20. The molecule has 2 aromatic rings. The Balaban J connectivity index is 2.14. The molecule has 2 aromatic heterocycles. The Kier molecular flexibility index (Phi) is 5.83. The van der Waals surface area contributed by atoms with Crippen molar-refractivity contribution in [3.8, 4) is 0 Å². The SMILES string of the molecule is CCN(C(=O)Nc1cccc(C(=O)NC)n1)C(C)c1cccnc1. The molecule has 0 aliphatic heterocycles. The molecule has 2 rings (SSSR count). The van der Waals surface area contributed by atoms with Crippen LogP contribution in [0.15, 0.2) is 42.7 Å². The van der Waals surface area contributed by atoms with Gasteiger partial charge in [-0.2, -0.15) is 0 Å². The van der Waals surface area contributed by atoms with E-state index in [1.54, 1.807) is 35.5 Å². The van der Waals surface area contributed by atoms with Crippen molar-refractivity contribution in [2.75, 3.05) is 18.9 Å². The summed E-state index contributed by atoms with van der Waals surface area (Å²) < 4.78 is 0. The molecule has 1 unspecified atom stereocenters. The highest BCUT2D eigenvalue weighted by atomic mass is 16.2. The average Bonchev–Trinajstić information content (AvgIpc) is 2.62. The van der Waals surface area contributed by atoms with E-state index in [2.05, 4.69) is 20.6 Å². The molecule has 1 atom stereocenters. The number of carbonyl (C=O) groups is 2. The van der Waals surface area contributed by atoms with Crippen molar-refractivity contribution in [3.05, 3.63) is 54.0 Å². The maximum Gasteiger partial charge on any atom is 0.323 e. The Labute approximate surface area is 141 Å². The maximum absolute atomic E-state index is 12.6. The summed E-state index contributed by atoms with van der Waals surface area (Å²) in [6.07, 6.45) is 3.44. The molecule has 0 saturated heterocycles. The van der Waals surface area contributed by atoms with Gasteiger partial charge in [0.1, 0.15) is 11.5 Å². The minimum Gasteiger partial charge on any atom is -0.354 e. The van der Waals surface area contributed by atoms with E-state index in [-0.39, 0.29) is 23.7 Å². The molecule has 0 aromatic carbocycles. The molecule has 2 N–H and O–H groups in total. The van der Waals surface area contributed by atoms with Gasteiger partial charge >= 0.3 is 6.03 Å². The molecule has 7 heteroatoms. The van der Waals surface area contributed by atoms with Crippen LogP contribution >= 0.6 is 0 Å². The van der Waals surface area contributed by atoms with Crippen LogP contribution in [0.3, 0.4) is 0 Å². The first kappa shape index (κ1) is 17.4. The van der Waals surface area contributed by atoms with E-state index in [4.69, 9.17) is 0 Å². The molecule has 0 fully saturated rings. The molecular formula is C17H21N5O2. The molecule has 0 aliphatic carbocycles. The number of anilines is 1. The smallest absolute Gasteiger partial charge is 0.323 e. The fraction of sp³-hybridized carbons (Fsp3) is 0.294. The van der Waals surface area contributed by atoms with Crippen LogP contribution in [0.4, 0.5) is 10.6 Å². The topological polar surface area (TPSA) is 87.2 Å². The number of pyridine rings is 2. The fourth-order valence-corrected chi connectivity index (χ4v) is 2.34. The van der Waals surface area contributed by atoms with Crippen molar-refractivity contribution in [1.29, 1.82) is 0 Å². The third-order valence-corrected chi connectivity index (χ3v) is 3.68. The van der Waals surface area contributed by atoms with Crippen molar-refractivity contribution >= 4 is 17.8 Å². The van der Waals surface area contributed by atoms with Gasteiger partial charge in [-0.3, -0.25) is 15.1 Å². The Morgan fingerprint density at radius 3 is 2.67 bits per heavy atom. The number of hydrogen-bond acceptors (Lipinski definition) is 4. The molecule has 2 heterocycles. The second kappa shape index (κ2) is 8.05. The van der Waals surface area contributed by atoms with Crippen LogP contribution in [0.5, 0.6) is 0 Å². The summed E-state index contributed by atoms with van der Waals surface area (Å²) >= 11 is 0. The van der Waals surface area contributed by atoms with Crippen LogP contribution in [-0.2, 0) is 0 Å². The number of aromatic nitrogens is 2. The van der Waals surface area contributed by atoms with E-state index in [1.807, 2.05) is 26.0 Å². The number of urea groups is 1. The van der Waals surface area contributed by atoms with Gasteiger partial charge in [0.2, 0.25) is 0 Å². The minimum atomic E-state index is -0.304. The highest BCUT2D eigenvalue weighted by Gasteiger charge is 2.20. The number of nitrogens with one attached hydrogen (secondary N) is 2. The number of hydrogen-bond donors (Lipinski definition) is 2. The molecule has 0 radical (unpaired) electrons. The summed E-state index contributed by atoms with van der Waals surface area (Å²) in [5.74, 6) is 0.0279. The Morgan fingerprint density at radius 1 is 1.25 bits per heavy atom.